The van der Waals surface area contributed by atoms with Crippen molar-refractivity contribution in [3.63, 3.8) is 0 Å². The summed E-state index contributed by atoms with van der Waals surface area (Å²) in [5, 5.41) is 27.9. The third-order valence-electron chi connectivity index (χ3n) is 4.18. The van der Waals surface area contributed by atoms with Crippen LogP contribution in [0.5, 0.6) is 0 Å². The van der Waals surface area contributed by atoms with E-state index in [0.29, 0.717) is 30.8 Å². The highest BCUT2D eigenvalue weighted by Gasteiger charge is 2.36. The Morgan fingerprint density at radius 1 is 1.40 bits per heavy atom. The third-order valence-corrected chi connectivity index (χ3v) is 4.18. The Balaban J connectivity index is 1.94. The molecule has 1 amide bonds. The van der Waals surface area contributed by atoms with Gasteiger partial charge in [-0.05, 0) is 25.8 Å². The Morgan fingerprint density at radius 3 is 2.84 bits per heavy atom. The van der Waals surface area contributed by atoms with Crippen LogP contribution in [-0.2, 0) is 4.79 Å². The minimum absolute atomic E-state index is 0.0413. The lowest BCUT2D eigenvalue weighted by atomic mass is 10.2. The minimum atomic E-state index is -1.05. The molecule has 3 rings (SSSR count). The quantitative estimate of drug-likeness (QED) is 0.650. The number of likely N-dealkylation sites (tertiary alicyclic amines) is 1. The number of rotatable bonds is 4. The molecule has 10 heteroatoms. The van der Waals surface area contributed by atoms with Crippen LogP contribution < -0.4 is 0 Å². The SMILES string of the molecule is Cc1c(C(=O)N2CCC[C@H]2C(=O)O)nnn1-c1cccc([N+](=O)[O-])c1. The Kier molecular flexibility index (Phi) is 4.17. The summed E-state index contributed by atoms with van der Waals surface area (Å²) in [6, 6.07) is 4.93. The summed E-state index contributed by atoms with van der Waals surface area (Å²) in [7, 11) is 0. The number of non-ortho nitro benzene ring substituents is 1. The van der Waals surface area contributed by atoms with Crippen molar-refractivity contribution < 1.29 is 19.6 Å². The maximum absolute atomic E-state index is 12.6. The number of carbonyl (C=O) groups excluding carboxylic acids is 1. The predicted octanol–water partition coefficient (Wildman–Crippen LogP) is 1.17. The van der Waals surface area contributed by atoms with Gasteiger partial charge in [-0.2, -0.15) is 0 Å². The van der Waals surface area contributed by atoms with Gasteiger partial charge in [0.15, 0.2) is 5.69 Å². The molecule has 0 radical (unpaired) electrons. The van der Waals surface area contributed by atoms with Gasteiger partial charge in [0.25, 0.3) is 11.6 Å². The molecule has 130 valence electrons. The van der Waals surface area contributed by atoms with E-state index in [1.54, 1.807) is 13.0 Å². The molecule has 0 bridgehead atoms. The smallest absolute Gasteiger partial charge is 0.326 e. The van der Waals surface area contributed by atoms with Gasteiger partial charge in [0, 0.05) is 18.7 Å². The van der Waals surface area contributed by atoms with Crippen LogP contribution in [0.2, 0.25) is 0 Å². The molecule has 1 aliphatic heterocycles. The number of aliphatic carboxylic acids is 1. The van der Waals surface area contributed by atoms with Crippen LogP contribution in [0.15, 0.2) is 24.3 Å². The summed E-state index contributed by atoms with van der Waals surface area (Å²) in [6.45, 7) is 1.96. The molecule has 25 heavy (non-hydrogen) atoms. The molecule has 2 aromatic rings. The van der Waals surface area contributed by atoms with Crippen molar-refractivity contribution in [2.24, 2.45) is 0 Å². The lowest BCUT2D eigenvalue weighted by molar-refractivity contribution is -0.384. The fourth-order valence-corrected chi connectivity index (χ4v) is 2.91. The molecule has 1 aromatic heterocycles. The van der Waals surface area contributed by atoms with Crippen molar-refractivity contribution in [2.75, 3.05) is 6.54 Å². The minimum Gasteiger partial charge on any atom is -0.480 e. The van der Waals surface area contributed by atoms with Gasteiger partial charge in [-0.25, -0.2) is 9.48 Å². The molecular weight excluding hydrogens is 330 g/mol. The van der Waals surface area contributed by atoms with Crippen LogP contribution in [0.4, 0.5) is 5.69 Å². The maximum Gasteiger partial charge on any atom is 0.326 e. The van der Waals surface area contributed by atoms with Crippen molar-refractivity contribution in [1.29, 1.82) is 0 Å². The normalized spacial score (nSPS) is 16.8. The average Bonchev–Trinajstić information content (AvgIpc) is 3.21. The number of carboxylic acids is 1. The van der Waals surface area contributed by atoms with E-state index in [1.807, 2.05) is 0 Å². The largest absolute Gasteiger partial charge is 0.480 e. The summed E-state index contributed by atoms with van der Waals surface area (Å²) in [5.74, 6) is -1.55. The summed E-state index contributed by atoms with van der Waals surface area (Å²) in [5.41, 5.74) is 0.724. The molecule has 2 heterocycles. The van der Waals surface area contributed by atoms with Crippen LogP contribution in [0, 0.1) is 17.0 Å². The van der Waals surface area contributed by atoms with Crippen LogP contribution in [-0.4, -0.2) is 54.4 Å². The monoisotopic (exact) mass is 345 g/mol. The lowest BCUT2D eigenvalue weighted by Gasteiger charge is -2.20. The van der Waals surface area contributed by atoms with E-state index in [0.717, 1.165) is 0 Å². The van der Waals surface area contributed by atoms with Gasteiger partial charge in [0.05, 0.1) is 16.3 Å². The van der Waals surface area contributed by atoms with Crippen molar-refractivity contribution >= 4 is 17.6 Å². The molecular formula is C15H15N5O5. The zero-order valence-corrected chi connectivity index (χ0v) is 13.3. The lowest BCUT2D eigenvalue weighted by Crippen LogP contribution is -2.40. The Bertz CT molecular complexity index is 862. The number of aromatic nitrogens is 3. The fourth-order valence-electron chi connectivity index (χ4n) is 2.91. The first-order chi connectivity index (χ1) is 11.9. The Labute approximate surface area is 141 Å². The molecule has 0 unspecified atom stereocenters. The standard InChI is InChI=1S/C15H15N5O5/c1-9-13(14(21)18-7-3-6-12(18)15(22)23)16-17-19(9)10-4-2-5-11(8-10)20(24)25/h2,4-5,8,12H,3,6-7H2,1H3,(H,22,23)/t12-/m0/s1. The summed E-state index contributed by atoms with van der Waals surface area (Å²) in [6.07, 6.45) is 1.01. The highest BCUT2D eigenvalue weighted by molar-refractivity contribution is 5.96. The number of hydrogen-bond acceptors (Lipinski definition) is 6. The van der Waals surface area contributed by atoms with E-state index >= 15 is 0 Å². The Morgan fingerprint density at radius 2 is 2.16 bits per heavy atom. The van der Waals surface area contributed by atoms with Gasteiger partial charge in [0.2, 0.25) is 0 Å². The third kappa shape index (κ3) is 2.93. The van der Waals surface area contributed by atoms with Crippen molar-refractivity contribution in [2.45, 2.75) is 25.8 Å². The number of amides is 1. The second kappa shape index (κ2) is 6.30. The van der Waals surface area contributed by atoms with E-state index in [4.69, 9.17) is 0 Å². The van der Waals surface area contributed by atoms with Gasteiger partial charge < -0.3 is 10.0 Å². The Hall–Kier alpha value is -3.30. The van der Waals surface area contributed by atoms with E-state index < -0.39 is 22.8 Å². The van der Waals surface area contributed by atoms with Crippen molar-refractivity contribution in [3.8, 4) is 5.69 Å². The second-order valence-corrected chi connectivity index (χ2v) is 5.71. The number of hydrogen-bond donors (Lipinski definition) is 1. The number of nitro benzene ring substituents is 1. The topological polar surface area (TPSA) is 131 Å². The predicted molar refractivity (Wildman–Crippen MR) is 84.4 cm³/mol. The van der Waals surface area contributed by atoms with Crippen molar-refractivity contribution in [3.05, 3.63) is 45.8 Å². The zero-order valence-electron chi connectivity index (χ0n) is 13.3. The molecule has 1 atom stereocenters. The molecule has 1 saturated heterocycles. The average molecular weight is 345 g/mol. The molecule has 1 aliphatic rings. The zero-order chi connectivity index (χ0) is 18.1. The van der Waals surface area contributed by atoms with Crippen LogP contribution in [0.1, 0.15) is 29.0 Å². The summed E-state index contributed by atoms with van der Waals surface area (Å²) < 4.78 is 1.33. The van der Waals surface area contributed by atoms with Crippen LogP contribution >= 0.6 is 0 Å². The molecule has 1 N–H and O–H groups in total. The first kappa shape index (κ1) is 16.6. The van der Waals surface area contributed by atoms with E-state index in [-0.39, 0.29) is 11.4 Å². The number of carboxylic acid groups (broad SMARTS) is 1. The van der Waals surface area contributed by atoms with Gasteiger partial charge >= 0.3 is 5.97 Å². The van der Waals surface area contributed by atoms with Crippen LogP contribution in [0.25, 0.3) is 5.69 Å². The molecule has 1 fully saturated rings. The molecule has 0 spiro atoms. The summed E-state index contributed by atoms with van der Waals surface area (Å²) >= 11 is 0. The first-order valence-electron chi connectivity index (χ1n) is 7.61. The highest BCUT2D eigenvalue weighted by Crippen LogP contribution is 2.23. The van der Waals surface area contributed by atoms with Gasteiger partial charge in [-0.1, -0.05) is 11.3 Å². The number of benzene rings is 1. The molecule has 1 aromatic carbocycles. The number of nitrogens with zero attached hydrogens (tertiary/aromatic N) is 5. The summed E-state index contributed by atoms with van der Waals surface area (Å²) in [4.78, 5) is 35.6. The van der Waals surface area contributed by atoms with E-state index in [9.17, 15) is 24.8 Å². The van der Waals surface area contributed by atoms with E-state index in [1.165, 1.54) is 27.8 Å². The van der Waals surface area contributed by atoms with Gasteiger partial charge in [-0.15, -0.1) is 5.10 Å². The molecule has 0 aliphatic carbocycles. The van der Waals surface area contributed by atoms with E-state index in [2.05, 4.69) is 10.3 Å². The van der Waals surface area contributed by atoms with Gasteiger partial charge in [0.1, 0.15) is 6.04 Å². The molecule has 10 nitrogen and oxygen atoms in total. The number of carbonyl (C=O) groups is 2. The molecule has 0 saturated carbocycles. The maximum atomic E-state index is 12.6. The highest BCUT2D eigenvalue weighted by atomic mass is 16.6. The number of nitro groups is 1. The van der Waals surface area contributed by atoms with Crippen molar-refractivity contribution in [1.82, 2.24) is 19.9 Å². The second-order valence-electron chi connectivity index (χ2n) is 5.71. The van der Waals surface area contributed by atoms with Gasteiger partial charge in [-0.3, -0.25) is 14.9 Å². The van der Waals surface area contributed by atoms with Crippen LogP contribution in [0.3, 0.4) is 0 Å². The first-order valence-corrected chi connectivity index (χ1v) is 7.61. The fraction of sp³-hybridized carbons (Fsp3) is 0.333.